The predicted molar refractivity (Wildman–Crippen MR) is 82.5 cm³/mol. The molecule has 2 rings (SSSR count). The number of pyridine rings is 1. The molecule has 3 N–H and O–H groups in total. The average molecular weight is 287 g/mol. The minimum Gasteiger partial charge on any atom is -0.497 e. The molecule has 0 saturated heterocycles. The van der Waals surface area contributed by atoms with Crippen molar-refractivity contribution in [3.05, 3.63) is 59.5 Å². The molecule has 0 amide bonds. The normalized spacial score (nSPS) is 10.2. The highest BCUT2D eigenvalue weighted by Crippen LogP contribution is 2.20. The van der Waals surface area contributed by atoms with Gasteiger partial charge in [0.25, 0.3) is 0 Å². The van der Waals surface area contributed by atoms with Gasteiger partial charge in [0.15, 0.2) is 11.6 Å². The fourth-order valence-electron chi connectivity index (χ4n) is 1.96. The Bertz CT molecular complexity index is 653. The molecule has 0 aliphatic heterocycles. The quantitative estimate of drug-likeness (QED) is 0.887. The van der Waals surface area contributed by atoms with Crippen molar-refractivity contribution >= 4 is 11.5 Å². The van der Waals surface area contributed by atoms with Gasteiger partial charge in [0.1, 0.15) is 5.75 Å². The highest BCUT2D eigenvalue weighted by Gasteiger charge is 2.10. The van der Waals surface area contributed by atoms with Crippen LogP contribution < -0.4 is 15.8 Å². The smallest absolute Gasteiger partial charge is 0.166 e. The zero-order valence-corrected chi connectivity index (χ0v) is 12.1. The van der Waals surface area contributed by atoms with Crippen LogP contribution in [0.1, 0.15) is 16.8 Å². The van der Waals surface area contributed by atoms with Crippen molar-refractivity contribution in [2.75, 3.05) is 12.4 Å². The highest BCUT2D eigenvalue weighted by molar-refractivity contribution is 5.63. The van der Waals surface area contributed by atoms with Crippen LogP contribution in [0.15, 0.2) is 36.9 Å². The van der Waals surface area contributed by atoms with Crippen LogP contribution in [-0.2, 0) is 6.54 Å². The fourth-order valence-corrected chi connectivity index (χ4v) is 1.96. The van der Waals surface area contributed by atoms with E-state index in [1.165, 1.54) is 6.07 Å². The summed E-state index contributed by atoms with van der Waals surface area (Å²) in [4.78, 5) is 4.19. The Hall–Kier alpha value is -2.56. The molecular formula is C16H18FN3O. The van der Waals surface area contributed by atoms with Crippen LogP contribution in [0.4, 0.5) is 10.2 Å². The topological polar surface area (TPSA) is 60.2 Å². The SMILES string of the molecule is C=C(N)c1cc(F)c(NCc2ccc(OC)cc2)nc1C. The standard InChI is InChI=1S/C16H18FN3O/c1-10(18)14-8-15(17)16(20-11(14)2)19-9-12-4-6-13(21-3)7-5-12/h4-8H,1,9,18H2,2-3H3,(H,19,20). The summed E-state index contributed by atoms with van der Waals surface area (Å²) < 4.78 is 19.1. The molecular weight excluding hydrogens is 269 g/mol. The number of ether oxygens (including phenoxy) is 1. The van der Waals surface area contributed by atoms with Gasteiger partial charge >= 0.3 is 0 Å². The second-order valence-electron chi connectivity index (χ2n) is 4.68. The van der Waals surface area contributed by atoms with Crippen molar-refractivity contribution in [3.63, 3.8) is 0 Å². The van der Waals surface area contributed by atoms with E-state index in [0.29, 0.717) is 23.5 Å². The molecule has 110 valence electrons. The van der Waals surface area contributed by atoms with E-state index in [-0.39, 0.29) is 5.82 Å². The number of aromatic nitrogens is 1. The number of methoxy groups -OCH3 is 1. The van der Waals surface area contributed by atoms with E-state index in [1.54, 1.807) is 14.0 Å². The van der Waals surface area contributed by atoms with Crippen molar-refractivity contribution in [1.29, 1.82) is 0 Å². The minimum absolute atomic E-state index is 0.202. The lowest BCUT2D eigenvalue weighted by Gasteiger charge is -2.11. The van der Waals surface area contributed by atoms with Crippen LogP contribution in [0.3, 0.4) is 0 Å². The summed E-state index contributed by atoms with van der Waals surface area (Å²) >= 11 is 0. The molecule has 0 spiro atoms. The highest BCUT2D eigenvalue weighted by atomic mass is 19.1. The molecule has 1 aromatic carbocycles. The van der Waals surface area contributed by atoms with Gasteiger partial charge in [-0.05, 0) is 30.7 Å². The molecule has 4 nitrogen and oxygen atoms in total. The molecule has 0 saturated carbocycles. The lowest BCUT2D eigenvalue weighted by molar-refractivity contribution is 0.414. The first kappa shape index (κ1) is 14.8. The zero-order valence-electron chi connectivity index (χ0n) is 12.1. The van der Waals surface area contributed by atoms with E-state index in [2.05, 4.69) is 16.9 Å². The van der Waals surface area contributed by atoms with E-state index >= 15 is 0 Å². The van der Waals surface area contributed by atoms with Crippen LogP contribution in [0.25, 0.3) is 5.70 Å². The van der Waals surface area contributed by atoms with Gasteiger partial charge in [-0.25, -0.2) is 9.37 Å². The number of hydrogen-bond donors (Lipinski definition) is 2. The summed E-state index contributed by atoms with van der Waals surface area (Å²) in [5.41, 5.74) is 8.07. The maximum Gasteiger partial charge on any atom is 0.166 e. The second kappa shape index (κ2) is 6.26. The number of hydrogen-bond acceptors (Lipinski definition) is 4. The van der Waals surface area contributed by atoms with Crippen LogP contribution in [0.2, 0.25) is 0 Å². The molecule has 0 radical (unpaired) electrons. The van der Waals surface area contributed by atoms with Crippen molar-refractivity contribution in [1.82, 2.24) is 4.98 Å². The summed E-state index contributed by atoms with van der Waals surface area (Å²) in [7, 11) is 1.61. The van der Waals surface area contributed by atoms with Gasteiger partial charge < -0.3 is 15.8 Å². The minimum atomic E-state index is -0.448. The monoisotopic (exact) mass is 287 g/mol. The third-order valence-electron chi connectivity index (χ3n) is 3.13. The summed E-state index contributed by atoms with van der Waals surface area (Å²) in [6.45, 7) is 5.84. The Kier molecular flexibility index (Phi) is 4.42. The average Bonchev–Trinajstić information content (AvgIpc) is 2.48. The first-order valence-electron chi connectivity index (χ1n) is 6.50. The molecule has 5 heteroatoms. The van der Waals surface area contributed by atoms with E-state index < -0.39 is 5.82 Å². The summed E-state index contributed by atoms with van der Waals surface area (Å²) in [5, 5.41) is 2.98. The van der Waals surface area contributed by atoms with Gasteiger partial charge in [-0.2, -0.15) is 0 Å². The van der Waals surface area contributed by atoms with Crippen molar-refractivity contribution < 1.29 is 9.13 Å². The number of nitrogens with zero attached hydrogens (tertiary/aromatic N) is 1. The zero-order chi connectivity index (χ0) is 15.4. The molecule has 2 aromatic rings. The number of anilines is 1. The van der Waals surface area contributed by atoms with Crippen molar-refractivity contribution in [3.8, 4) is 5.75 Å². The first-order chi connectivity index (χ1) is 10.0. The van der Waals surface area contributed by atoms with E-state index in [9.17, 15) is 4.39 Å². The van der Waals surface area contributed by atoms with E-state index in [1.807, 2.05) is 24.3 Å². The molecule has 21 heavy (non-hydrogen) atoms. The Morgan fingerprint density at radius 3 is 2.62 bits per heavy atom. The molecule has 0 fully saturated rings. The molecule has 0 aliphatic carbocycles. The maximum atomic E-state index is 14.0. The van der Waals surface area contributed by atoms with E-state index in [4.69, 9.17) is 10.5 Å². The third-order valence-corrected chi connectivity index (χ3v) is 3.13. The lowest BCUT2D eigenvalue weighted by Crippen LogP contribution is -2.07. The van der Waals surface area contributed by atoms with Gasteiger partial charge in [0.05, 0.1) is 7.11 Å². The van der Waals surface area contributed by atoms with Crippen LogP contribution in [0.5, 0.6) is 5.75 Å². The largest absolute Gasteiger partial charge is 0.497 e. The Labute approximate surface area is 123 Å². The maximum absolute atomic E-state index is 14.0. The summed E-state index contributed by atoms with van der Waals surface area (Å²) in [5.74, 6) is 0.536. The number of benzene rings is 1. The van der Waals surface area contributed by atoms with Crippen LogP contribution >= 0.6 is 0 Å². The van der Waals surface area contributed by atoms with Gasteiger partial charge in [0.2, 0.25) is 0 Å². The number of rotatable bonds is 5. The Balaban J connectivity index is 2.12. The van der Waals surface area contributed by atoms with Crippen LogP contribution in [0, 0.1) is 12.7 Å². The lowest BCUT2D eigenvalue weighted by atomic mass is 10.1. The molecule has 1 aromatic heterocycles. The number of halogens is 1. The first-order valence-corrected chi connectivity index (χ1v) is 6.50. The number of aryl methyl sites for hydroxylation is 1. The fraction of sp³-hybridized carbons (Fsp3) is 0.188. The van der Waals surface area contributed by atoms with Gasteiger partial charge in [0, 0.05) is 23.5 Å². The van der Waals surface area contributed by atoms with Crippen LogP contribution in [-0.4, -0.2) is 12.1 Å². The number of nitrogens with one attached hydrogen (secondary N) is 1. The summed E-state index contributed by atoms with van der Waals surface area (Å²) in [6, 6.07) is 8.88. The Morgan fingerprint density at radius 1 is 1.38 bits per heavy atom. The molecule has 0 bridgehead atoms. The number of nitrogens with two attached hydrogens (primary N) is 1. The van der Waals surface area contributed by atoms with Crippen molar-refractivity contribution in [2.45, 2.75) is 13.5 Å². The third kappa shape index (κ3) is 3.51. The van der Waals surface area contributed by atoms with Gasteiger partial charge in [-0.15, -0.1) is 0 Å². The molecule has 1 heterocycles. The van der Waals surface area contributed by atoms with Crippen molar-refractivity contribution in [2.24, 2.45) is 5.73 Å². The second-order valence-corrected chi connectivity index (χ2v) is 4.68. The van der Waals surface area contributed by atoms with E-state index in [0.717, 1.165) is 11.3 Å². The molecule has 0 aliphatic rings. The summed E-state index contributed by atoms with van der Waals surface area (Å²) in [6.07, 6.45) is 0. The molecule has 0 atom stereocenters. The predicted octanol–water partition coefficient (Wildman–Crippen LogP) is 3.08. The Morgan fingerprint density at radius 2 is 2.05 bits per heavy atom. The van der Waals surface area contributed by atoms with Gasteiger partial charge in [-0.1, -0.05) is 18.7 Å². The molecule has 0 unspecified atom stereocenters. The van der Waals surface area contributed by atoms with Gasteiger partial charge in [-0.3, -0.25) is 0 Å².